The topological polar surface area (TPSA) is 64.3 Å². The van der Waals surface area contributed by atoms with Crippen molar-refractivity contribution < 1.29 is 14.6 Å². The number of methoxy groups -OCH3 is 1. The van der Waals surface area contributed by atoms with Gasteiger partial charge in [-0.1, -0.05) is 0 Å². The van der Waals surface area contributed by atoms with Gasteiger partial charge >= 0.3 is 5.97 Å². The van der Waals surface area contributed by atoms with Crippen molar-refractivity contribution in [3.63, 3.8) is 0 Å². The summed E-state index contributed by atoms with van der Waals surface area (Å²) in [5.41, 5.74) is 5.15. The molecule has 0 unspecified atom stereocenters. The summed E-state index contributed by atoms with van der Waals surface area (Å²) in [5.74, 6) is 0.0343. The summed E-state index contributed by atoms with van der Waals surface area (Å²) in [6.07, 6.45) is 0.349. The molecule has 1 N–H and O–H groups in total. The first-order valence-corrected chi connectivity index (χ1v) is 8.86. The van der Waals surface area contributed by atoms with E-state index in [-0.39, 0.29) is 11.7 Å². The van der Waals surface area contributed by atoms with Crippen molar-refractivity contribution in [2.24, 2.45) is 0 Å². The highest BCUT2D eigenvalue weighted by atomic mass is 32.1. The van der Waals surface area contributed by atoms with Gasteiger partial charge in [0.1, 0.15) is 10.8 Å². The number of aryl methyl sites for hydroxylation is 1. The van der Waals surface area contributed by atoms with E-state index in [1.807, 2.05) is 31.4 Å². The second-order valence-corrected chi connectivity index (χ2v) is 6.71. The predicted molar refractivity (Wildman–Crippen MR) is 98.7 cm³/mol. The van der Waals surface area contributed by atoms with Crippen molar-refractivity contribution in [1.29, 1.82) is 0 Å². The number of rotatable bonds is 5. The molecule has 2 aromatic heterocycles. The number of aromatic nitrogens is 2. The van der Waals surface area contributed by atoms with Gasteiger partial charge in [0, 0.05) is 34.4 Å². The highest BCUT2D eigenvalue weighted by Gasteiger charge is 2.15. The van der Waals surface area contributed by atoms with Gasteiger partial charge in [0.15, 0.2) is 0 Å². The zero-order valence-electron chi connectivity index (χ0n) is 14.4. The third-order valence-corrected chi connectivity index (χ3v) is 5.13. The molecule has 0 saturated carbocycles. The average molecular weight is 356 g/mol. The van der Waals surface area contributed by atoms with Gasteiger partial charge in [0.25, 0.3) is 0 Å². The van der Waals surface area contributed by atoms with E-state index in [0.29, 0.717) is 13.0 Å². The summed E-state index contributed by atoms with van der Waals surface area (Å²) in [6.45, 7) is 4.67. The van der Waals surface area contributed by atoms with Crippen LogP contribution in [-0.4, -0.2) is 27.7 Å². The molecule has 1 aromatic carbocycles. The fourth-order valence-electron chi connectivity index (χ4n) is 2.84. The second-order valence-electron chi connectivity index (χ2n) is 5.85. The molecule has 2 heterocycles. The Kier molecular flexibility index (Phi) is 4.90. The van der Waals surface area contributed by atoms with Crippen molar-refractivity contribution in [2.45, 2.75) is 26.8 Å². The van der Waals surface area contributed by atoms with Crippen LogP contribution >= 0.6 is 11.3 Å². The molecule has 0 spiro atoms. The maximum atomic E-state index is 11.4. The van der Waals surface area contributed by atoms with Crippen LogP contribution in [0.1, 0.15) is 17.8 Å². The van der Waals surface area contributed by atoms with Crippen LogP contribution in [0.25, 0.3) is 21.8 Å². The molecule has 0 radical (unpaired) electrons. The minimum Gasteiger partial charge on any atom is -0.508 e. The third kappa shape index (κ3) is 3.58. The van der Waals surface area contributed by atoms with E-state index in [1.54, 1.807) is 23.5 Å². The van der Waals surface area contributed by atoms with Crippen LogP contribution in [-0.2, 0) is 16.1 Å². The standard InChI is InChI=1S/C19H20N2O3S/c1-12-10-16(13(2)21(12)9-8-18(23)24-3)17-11-25-19(20-17)14-4-6-15(22)7-5-14/h4-7,10-11,22H,8-9H2,1-3H3. The number of phenolic OH excluding ortho intramolecular Hbond substituents is 1. The summed E-state index contributed by atoms with van der Waals surface area (Å²) in [6, 6.07) is 9.14. The lowest BCUT2D eigenvalue weighted by atomic mass is 10.2. The van der Waals surface area contributed by atoms with Gasteiger partial charge in [-0.3, -0.25) is 4.79 Å². The highest BCUT2D eigenvalue weighted by Crippen LogP contribution is 2.32. The second kappa shape index (κ2) is 7.11. The summed E-state index contributed by atoms with van der Waals surface area (Å²) in [5, 5.41) is 12.4. The molecule has 130 valence electrons. The van der Waals surface area contributed by atoms with Gasteiger partial charge in [-0.2, -0.15) is 0 Å². The summed E-state index contributed by atoms with van der Waals surface area (Å²) >= 11 is 1.57. The van der Waals surface area contributed by atoms with Crippen molar-refractivity contribution >= 4 is 17.3 Å². The van der Waals surface area contributed by atoms with Crippen LogP contribution < -0.4 is 0 Å². The molecular weight excluding hydrogens is 336 g/mol. The maximum absolute atomic E-state index is 11.4. The molecule has 6 heteroatoms. The van der Waals surface area contributed by atoms with Crippen LogP contribution in [0.2, 0.25) is 0 Å². The van der Waals surface area contributed by atoms with Crippen LogP contribution in [0, 0.1) is 13.8 Å². The Hall–Kier alpha value is -2.60. The Bertz CT molecular complexity index is 894. The van der Waals surface area contributed by atoms with Crippen molar-refractivity contribution in [3.05, 3.63) is 47.1 Å². The van der Waals surface area contributed by atoms with Gasteiger partial charge in [-0.05, 0) is 44.2 Å². The average Bonchev–Trinajstić information content (AvgIpc) is 3.19. The largest absolute Gasteiger partial charge is 0.508 e. The molecule has 0 bridgehead atoms. The molecule has 0 amide bonds. The van der Waals surface area contributed by atoms with Crippen LogP contribution in [0.4, 0.5) is 0 Å². The molecule has 0 atom stereocenters. The number of esters is 1. The molecule has 0 aliphatic heterocycles. The number of carbonyl (C=O) groups is 1. The Morgan fingerprint density at radius 3 is 2.68 bits per heavy atom. The molecule has 3 rings (SSSR count). The van der Waals surface area contributed by atoms with E-state index >= 15 is 0 Å². The Morgan fingerprint density at radius 2 is 2.00 bits per heavy atom. The fourth-order valence-corrected chi connectivity index (χ4v) is 3.67. The quantitative estimate of drug-likeness (QED) is 0.697. The molecule has 25 heavy (non-hydrogen) atoms. The van der Waals surface area contributed by atoms with E-state index in [9.17, 15) is 9.90 Å². The van der Waals surface area contributed by atoms with Crippen LogP contribution in [0.3, 0.4) is 0 Å². The van der Waals surface area contributed by atoms with E-state index in [2.05, 4.69) is 10.6 Å². The van der Waals surface area contributed by atoms with E-state index in [4.69, 9.17) is 9.72 Å². The number of nitrogens with zero attached hydrogens (tertiary/aromatic N) is 2. The summed E-state index contributed by atoms with van der Waals surface area (Å²) < 4.78 is 6.84. The lowest BCUT2D eigenvalue weighted by Crippen LogP contribution is -2.09. The first-order chi connectivity index (χ1) is 12.0. The SMILES string of the molecule is COC(=O)CCn1c(C)cc(-c2csc(-c3ccc(O)cc3)n2)c1C. The van der Waals surface area contributed by atoms with Gasteiger partial charge in [-0.15, -0.1) is 11.3 Å². The third-order valence-electron chi connectivity index (χ3n) is 4.24. The number of aromatic hydroxyl groups is 1. The highest BCUT2D eigenvalue weighted by molar-refractivity contribution is 7.13. The normalized spacial score (nSPS) is 10.8. The zero-order chi connectivity index (χ0) is 18.0. The zero-order valence-corrected chi connectivity index (χ0v) is 15.3. The first kappa shape index (κ1) is 17.2. The number of hydrogen-bond donors (Lipinski definition) is 1. The lowest BCUT2D eigenvalue weighted by molar-refractivity contribution is -0.140. The Morgan fingerprint density at radius 1 is 1.28 bits per heavy atom. The smallest absolute Gasteiger partial charge is 0.307 e. The molecule has 3 aromatic rings. The van der Waals surface area contributed by atoms with Gasteiger partial charge in [-0.25, -0.2) is 4.98 Å². The minimum absolute atomic E-state index is 0.211. The molecule has 0 saturated heterocycles. The van der Waals surface area contributed by atoms with Gasteiger partial charge < -0.3 is 14.4 Å². The fraction of sp³-hybridized carbons (Fsp3) is 0.263. The van der Waals surface area contributed by atoms with E-state index in [1.165, 1.54) is 7.11 Å². The number of ether oxygens (including phenoxy) is 1. The van der Waals surface area contributed by atoms with Crippen LogP contribution in [0.15, 0.2) is 35.7 Å². The Balaban J connectivity index is 1.87. The van der Waals surface area contributed by atoms with Crippen LogP contribution in [0.5, 0.6) is 5.75 Å². The monoisotopic (exact) mass is 356 g/mol. The van der Waals surface area contributed by atoms with E-state index < -0.39 is 0 Å². The lowest BCUT2D eigenvalue weighted by Gasteiger charge is -2.08. The Labute approximate surface area is 150 Å². The number of hydrogen-bond acceptors (Lipinski definition) is 5. The number of carbonyl (C=O) groups excluding carboxylic acids is 1. The molecule has 0 aliphatic carbocycles. The van der Waals surface area contributed by atoms with Gasteiger partial charge in [0.05, 0.1) is 19.2 Å². The van der Waals surface area contributed by atoms with Crippen molar-refractivity contribution in [1.82, 2.24) is 9.55 Å². The number of benzene rings is 1. The number of thiazole rings is 1. The summed E-state index contributed by atoms with van der Waals surface area (Å²) in [7, 11) is 1.41. The maximum Gasteiger partial charge on any atom is 0.307 e. The molecule has 5 nitrogen and oxygen atoms in total. The minimum atomic E-state index is -0.211. The van der Waals surface area contributed by atoms with Crippen molar-refractivity contribution in [2.75, 3.05) is 7.11 Å². The molecular formula is C19H20N2O3S. The predicted octanol–water partition coefficient (Wildman–Crippen LogP) is 4.16. The number of phenols is 1. The first-order valence-electron chi connectivity index (χ1n) is 7.98. The van der Waals surface area contributed by atoms with Gasteiger partial charge in [0.2, 0.25) is 0 Å². The molecule has 0 fully saturated rings. The van der Waals surface area contributed by atoms with E-state index in [0.717, 1.165) is 33.2 Å². The van der Waals surface area contributed by atoms with Crippen molar-refractivity contribution in [3.8, 4) is 27.6 Å². The molecule has 0 aliphatic rings. The summed E-state index contributed by atoms with van der Waals surface area (Å²) in [4.78, 5) is 16.1.